The molecule has 0 fully saturated rings. The zero-order valence-corrected chi connectivity index (χ0v) is 14.8. The van der Waals surface area contributed by atoms with Crippen molar-refractivity contribution in [2.75, 3.05) is 12.4 Å². The molecule has 0 saturated heterocycles. The standard InChI is InChI=1S/C14H13Br2NO2S/c1-19-14(18)7-10-3-4-11(20-10)8-17-13-5-2-9(15)6-12(13)16/h2-6,17H,7-8H2,1H3. The minimum atomic E-state index is -0.206. The zero-order valence-electron chi connectivity index (χ0n) is 10.8. The molecule has 0 radical (unpaired) electrons. The number of rotatable bonds is 5. The van der Waals surface area contributed by atoms with E-state index >= 15 is 0 Å². The number of carbonyl (C=O) groups excluding carboxylic acids is 1. The average molecular weight is 419 g/mol. The number of thiophene rings is 1. The molecule has 2 rings (SSSR count). The third-order valence-electron chi connectivity index (χ3n) is 2.65. The molecule has 0 amide bonds. The van der Waals surface area contributed by atoms with E-state index in [0.29, 0.717) is 6.42 Å². The van der Waals surface area contributed by atoms with Gasteiger partial charge >= 0.3 is 5.97 Å². The van der Waals surface area contributed by atoms with Crippen LogP contribution in [0.5, 0.6) is 0 Å². The molecule has 0 atom stereocenters. The van der Waals surface area contributed by atoms with Crippen LogP contribution in [0.25, 0.3) is 0 Å². The quantitative estimate of drug-likeness (QED) is 0.721. The molecule has 0 unspecified atom stereocenters. The van der Waals surface area contributed by atoms with Gasteiger partial charge in [0.15, 0.2) is 0 Å². The van der Waals surface area contributed by atoms with E-state index in [-0.39, 0.29) is 5.97 Å². The molecule has 0 bridgehead atoms. The van der Waals surface area contributed by atoms with E-state index in [0.717, 1.165) is 26.1 Å². The molecule has 1 aromatic heterocycles. The second kappa shape index (κ2) is 7.24. The van der Waals surface area contributed by atoms with Crippen molar-refractivity contribution >= 4 is 54.9 Å². The van der Waals surface area contributed by atoms with Crippen LogP contribution in [0.3, 0.4) is 0 Å². The highest BCUT2D eigenvalue weighted by Gasteiger charge is 2.07. The Morgan fingerprint density at radius 2 is 2.00 bits per heavy atom. The highest BCUT2D eigenvalue weighted by atomic mass is 79.9. The van der Waals surface area contributed by atoms with E-state index < -0.39 is 0 Å². The minimum absolute atomic E-state index is 0.206. The number of hydrogen-bond donors (Lipinski definition) is 1. The van der Waals surface area contributed by atoms with Crippen molar-refractivity contribution < 1.29 is 9.53 Å². The second-order valence-electron chi connectivity index (χ2n) is 4.10. The van der Waals surface area contributed by atoms with Crippen LogP contribution in [-0.2, 0) is 22.5 Å². The summed E-state index contributed by atoms with van der Waals surface area (Å²) < 4.78 is 6.71. The smallest absolute Gasteiger partial charge is 0.310 e. The number of carbonyl (C=O) groups is 1. The molecule has 0 aliphatic rings. The molecule has 3 nitrogen and oxygen atoms in total. The maximum atomic E-state index is 11.2. The average Bonchev–Trinajstić information content (AvgIpc) is 2.85. The van der Waals surface area contributed by atoms with Gasteiger partial charge < -0.3 is 10.1 Å². The Bertz CT molecular complexity index is 613. The third-order valence-corrected chi connectivity index (χ3v) is 4.88. The van der Waals surface area contributed by atoms with Crippen LogP contribution in [0.15, 0.2) is 39.3 Å². The lowest BCUT2D eigenvalue weighted by Gasteiger charge is -2.07. The Morgan fingerprint density at radius 3 is 2.70 bits per heavy atom. The number of hydrogen-bond acceptors (Lipinski definition) is 4. The first kappa shape index (κ1) is 15.5. The Morgan fingerprint density at radius 1 is 1.25 bits per heavy atom. The number of halogens is 2. The van der Waals surface area contributed by atoms with Crippen LogP contribution in [0.1, 0.15) is 9.75 Å². The first-order valence-corrected chi connectivity index (χ1v) is 8.32. The van der Waals surface area contributed by atoms with Gasteiger partial charge in [0, 0.05) is 30.9 Å². The molecule has 0 aliphatic heterocycles. The van der Waals surface area contributed by atoms with Gasteiger partial charge in [-0.3, -0.25) is 4.79 Å². The van der Waals surface area contributed by atoms with Crippen molar-refractivity contribution in [2.24, 2.45) is 0 Å². The summed E-state index contributed by atoms with van der Waals surface area (Å²) in [6.45, 7) is 0.728. The lowest BCUT2D eigenvalue weighted by Crippen LogP contribution is -2.02. The predicted octanol–water partition coefficient (Wildman–Crippen LogP) is 4.60. The first-order chi connectivity index (χ1) is 9.58. The Kier molecular flexibility index (Phi) is 5.63. The lowest BCUT2D eigenvalue weighted by atomic mass is 10.3. The van der Waals surface area contributed by atoms with Crippen LogP contribution in [0.4, 0.5) is 5.69 Å². The summed E-state index contributed by atoms with van der Waals surface area (Å²) in [5, 5.41) is 3.36. The molecule has 1 N–H and O–H groups in total. The van der Waals surface area contributed by atoms with Crippen molar-refractivity contribution in [3.63, 3.8) is 0 Å². The molecule has 6 heteroatoms. The minimum Gasteiger partial charge on any atom is -0.469 e. The summed E-state index contributed by atoms with van der Waals surface area (Å²) in [6.07, 6.45) is 0.336. The van der Waals surface area contributed by atoms with E-state index in [1.807, 2.05) is 30.3 Å². The summed E-state index contributed by atoms with van der Waals surface area (Å²) in [7, 11) is 1.41. The van der Waals surface area contributed by atoms with Crippen molar-refractivity contribution in [2.45, 2.75) is 13.0 Å². The Hall–Kier alpha value is -0.850. The van der Waals surface area contributed by atoms with Gasteiger partial charge in [-0.25, -0.2) is 0 Å². The highest BCUT2D eigenvalue weighted by Crippen LogP contribution is 2.27. The van der Waals surface area contributed by atoms with E-state index in [4.69, 9.17) is 0 Å². The molecule has 2 aromatic rings. The van der Waals surface area contributed by atoms with Crippen LogP contribution in [0, 0.1) is 0 Å². The largest absolute Gasteiger partial charge is 0.469 e. The lowest BCUT2D eigenvalue weighted by molar-refractivity contribution is -0.139. The van der Waals surface area contributed by atoms with Gasteiger partial charge in [-0.2, -0.15) is 0 Å². The predicted molar refractivity (Wildman–Crippen MR) is 89.2 cm³/mol. The Labute approximate surface area is 138 Å². The van der Waals surface area contributed by atoms with Gasteiger partial charge in [-0.15, -0.1) is 11.3 Å². The molecule has 0 aliphatic carbocycles. The number of methoxy groups -OCH3 is 1. The molecular formula is C14H13Br2NO2S. The fourth-order valence-electron chi connectivity index (χ4n) is 1.64. The van der Waals surface area contributed by atoms with Crippen LogP contribution < -0.4 is 5.32 Å². The molecule has 1 heterocycles. The molecule has 106 valence electrons. The monoisotopic (exact) mass is 417 g/mol. The number of ether oxygens (including phenoxy) is 1. The number of nitrogens with one attached hydrogen (secondary N) is 1. The highest BCUT2D eigenvalue weighted by molar-refractivity contribution is 9.11. The van der Waals surface area contributed by atoms with Crippen molar-refractivity contribution in [3.05, 3.63) is 49.0 Å². The van der Waals surface area contributed by atoms with Crippen molar-refractivity contribution in [1.82, 2.24) is 0 Å². The normalized spacial score (nSPS) is 10.3. The number of esters is 1. The van der Waals surface area contributed by atoms with Crippen molar-refractivity contribution in [3.8, 4) is 0 Å². The maximum absolute atomic E-state index is 11.2. The first-order valence-electron chi connectivity index (χ1n) is 5.92. The van der Waals surface area contributed by atoms with E-state index in [2.05, 4.69) is 41.9 Å². The van der Waals surface area contributed by atoms with Gasteiger partial charge in [0.25, 0.3) is 0 Å². The number of benzene rings is 1. The molecule has 1 aromatic carbocycles. The van der Waals surface area contributed by atoms with Crippen molar-refractivity contribution in [1.29, 1.82) is 0 Å². The summed E-state index contributed by atoms with van der Waals surface area (Å²) in [5.41, 5.74) is 1.04. The molecule has 20 heavy (non-hydrogen) atoms. The summed E-state index contributed by atoms with van der Waals surface area (Å²) >= 11 is 8.56. The molecule has 0 saturated carbocycles. The van der Waals surface area contributed by atoms with Gasteiger partial charge in [-0.1, -0.05) is 15.9 Å². The molecular weight excluding hydrogens is 406 g/mol. The van der Waals surface area contributed by atoms with E-state index in [1.165, 1.54) is 12.0 Å². The fourth-order valence-corrected chi connectivity index (χ4v) is 3.77. The third kappa shape index (κ3) is 4.33. The topological polar surface area (TPSA) is 38.3 Å². The van der Waals surface area contributed by atoms with Gasteiger partial charge in [0.2, 0.25) is 0 Å². The summed E-state index contributed by atoms with van der Waals surface area (Å²) in [5.74, 6) is -0.206. The van der Waals surface area contributed by atoms with Crippen LogP contribution in [0.2, 0.25) is 0 Å². The SMILES string of the molecule is COC(=O)Cc1ccc(CNc2ccc(Br)cc2Br)s1. The summed E-state index contributed by atoms with van der Waals surface area (Å²) in [6, 6.07) is 10.00. The van der Waals surface area contributed by atoms with Crippen LogP contribution >= 0.6 is 43.2 Å². The molecule has 0 spiro atoms. The second-order valence-corrected chi connectivity index (χ2v) is 7.12. The van der Waals surface area contributed by atoms with E-state index in [9.17, 15) is 4.79 Å². The van der Waals surface area contributed by atoms with E-state index in [1.54, 1.807) is 11.3 Å². The van der Waals surface area contributed by atoms with Gasteiger partial charge in [0.05, 0.1) is 13.5 Å². The number of anilines is 1. The van der Waals surface area contributed by atoms with Gasteiger partial charge in [-0.05, 0) is 46.3 Å². The summed E-state index contributed by atoms with van der Waals surface area (Å²) in [4.78, 5) is 13.4. The maximum Gasteiger partial charge on any atom is 0.310 e. The Balaban J connectivity index is 1.95. The zero-order chi connectivity index (χ0) is 14.5. The van der Waals surface area contributed by atoms with Gasteiger partial charge in [0.1, 0.15) is 0 Å². The van der Waals surface area contributed by atoms with Crippen LogP contribution in [-0.4, -0.2) is 13.1 Å². The fraction of sp³-hybridized carbons (Fsp3) is 0.214.